The summed E-state index contributed by atoms with van der Waals surface area (Å²) in [5.74, 6) is -1.12. The molecule has 0 unspecified atom stereocenters. The summed E-state index contributed by atoms with van der Waals surface area (Å²) in [5, 5.41) is 15.4. The Balaban J connectivity index is 1.99. The molecule has 98 valence electrons. The zero-order chi connectivity index (χ0) is 13.8. The lowest BCUT2D eigenvalue weighted by molar-refractivity contribution is 0.0691. The summed E-state index contributed by atoms with van der Waals surface area (Å²) >= 11 is 1.06. The first-order chi connectivity index (χ1) is 9.04. The lowest BCUT2D eigenvalue weighted by Crippen LogP contribution is -2.19. The van der Waals surface area contributed by atoms with Crippen LogP contribution in [0.4, 0.5) is 15.6 Å². The number of benzene rings is 1. The molecule has 0 aliphatic rings. The maximum atomic E-state index is 11.7. The van der Waals surface area contributed by atoms with Gasteiger partial charge in [-0.1, -0.05) is 12.1 Å². The van der Waals surface area contributed by atoms with Crippen molar-refractivity contribution in [3.05, 3.63) is 40.9 Å². The van der Waals surface area contributed by atoms with E-state index in [0.717, 1.165) is 16.9 Å². The highest BCUT2D eigenvalue weighted by molar-refractivity contribution is 7.14. The second-order valence-corrected chi connectivity index (χ2v) is 4.65. The molecule has 2 rings (SSSR count). The summed E-state index contributed by atoms with van der Waals surface area (Å²) in [7, 11) is 0. The van der Waals surface area contributed by atoms with Gasteiger partial charge in [0.15, 0.2) is 10.8 Å². The highest BCUT2D eigenvalue weighted by atomic mass is 32.1. The number of nitrogens with zero attached hydrogens (tertiary/aromatic N) is 1. The number of aromatic nitrogens is 1. The number of aromatic carboxylic acids is 1. The molecule has 3 N–H and O–H groups in total. The molecule has 0 atom stereocenters. The van der Waals surface area contributed by atoms with E-state index < -0.39 is 12.0 Å². The monoisotopic (exact) mass is 277 g/mol. The van der Waals surface area contributed by atoms with E-state index in [1.54, 1.807) is 6.07 Å². The number of carbonyl (C=O) groups is 2. The van der Waals surface area contributed by atoms with Crippen molar-refractivity contribution in [2.45, 2.75) is 6.92 Å². The highest BCUT2D eigenvalue weighted by Crippen LogP contribution is 2.16. The molecular formula is C12H11N3O3S. The zero-order valence-corrected chi connectivity index (χ0v) is 10.8. The van der Waals surface area contributed by atoms with Gasteiger partial charge in [-0.3, -0.25) is 5.32 Å². The molecule has 2 amide bonds. The highest BCUT2D eigenvalue weighted by Gasteiger charge is 2.10. The largest absolute Gasteiger partial charge is 0.476 e. The van der Waals surface area contributed by atoms with Crippen LogP contribution >= 0.6 is 11.3 Å². The molecule has 1 heterocycles. The quantitative estimate of drug-likeness (QED) is 0.804. The fourth-order valence-electron chi connectivity index (χ4n) is 1.41. The zero-order valence-electron chi connectivity index (χ0n) is 10.0. The third-order valence-electron chi connectivity index (χ3n) is 2.22. The predicted octanol–water partition coefficient (Wildman–Crippen LogP) is 2.79. The molecule has 6 nitrogen and oxygen atoms in total. The number of aryl methyl sites for hydroxylation is 1. The van der Waals surface area contributed by atoms with Crippen molar-refractivity contribution in [2.75, 3.05) is 10.6 Å². The Morgan fingerprint density at radius 2 is 2.11 bits per heavy atom. The van der Waals surface area contributed by atoms with Gasteiger partial charge in [0.2, 0.25) is 0 Å². The number of urea groups is 1. The molecule has 0 aliphatic heterocycles. The van der Waals surface area contributed by atoms with E-state index in [1.807, 2.05) is 25.1 Å². The summed E-state index contributed by atoms with van der Waals surface area (Å²) in [6.07, 6.45) is 0. The van der Waals surface area contributed by atoms with Crippen LogP contribution in [0, 0.1) is 6.92 Å². The number of hydrogen-bond acceptors (Lipinski definition) is 4. The van der Waals surface area contributed by atoms with Crippen LogP contribution in [-0.4, -0.2) is 22.1 Å². The summed E-state index contributed by atoms with van der Waals surface area (Å²) < 4.78 is 0. The number of carboxylic acid groups (broad SMARTS) is 1. The van der Waals surface area contributed by atoms with Crippen molar-refractivity contribution in [2.24, 2.45) is 0 Å². The van der Waals surface area contributed by atoms with Crippen molar-refractivity contribution < 1.29 is 14.7 Å². The topological polar surface area (TPSA) is 91.3 Å². The smallest absolute Gasteiger partial charge is 0.355 e. The summed E-state index contributed by atoms with van der Waals surface area (Å²) in [6.45, 7) is 1.92. The van der Waals surface area contributed by atoms with Crippen LogP contribution in [0.5, 0.6) is 0 Å². The molecule has 7 heteroatoms. The molecule has 0 bridgehead atoms. The molecule has 19 heavy (non-hydrogen) atoms. The number of nitrogens with one attached hydrogen (secondary N) is 2. The van der Waals surface area contributed by atoms with Gasteiger partial charge in [0, 0.05) is 11.1 Å². The van der Waals surface area contributed by atoms with Gasteiger partial charge < -0.3 is 10.4 Å². The van der Waals surface area contributed by atoms with Crippen LogP contribution in [0.3, 0.4) is 0 Å². The molecule has 0 radical (unpaired) electrons. The first kappa shape index (κ1) is 13.0. The average Bonchev–Trinajstić information content (AvgIpc) is 2.77. The van der Waals surface area contributed by atoms with E-state index in [-0.39, 0.29) is 10.8 Å². The van der Waals surface area contributed by atoms with Gasteiger partial charge in [-0.2, -0.15) is 0 Å². The number of anilines is 2. The van der Waals surface area contributed by atoms with Gasteiger partial charge in [0.1, 0.15) is 0 Å². The number of thiazole rings is 1. The number of carboxylic acids is 1. The Kier molecular flexibility index (Phi) is 3.76. The molecule has 1 aromatic heterocycles. The van der Waals surface area contributed by atoms with Gasteiger partial charge in [-0.05, 0) is 24.6 Å². The van der Waals surface area contributed by atoms with Gasteiger partial charge in [-0.15, -0.1) is 11.3 Å². The summed E-state index contributed by atoms with van der Waals surface area (Å²) in [5.41, 5.74) is 1.60. The maximum Gasteiger partial charge on any atom is 0.355 e. The number of hydrogen-bond donors (Lipinski definition) is 3. The van der Waals surface area contributed by atoms with Gasteiger partial charge in [0.25, 0.3) is 0 Å². The van der Waals surface area contributed by atoms with E-state index in [1.165, 1.54) is 5.38 Å². The molecule has 0 spiro atoms. The lowest BCUT2D eigenvalue weighted by Gasteiger charge is -2.05. The standard InChI is InChI=1S/C12H11N3O3S/c1-7-3-2-4-8(5-7)13-11(18)15-12-14-9(6-19-12)10(16)17/h2-6H,1H3,(H,16,17)(H2,13,14,15,18). The minimum atomic E-state index is -1.12. The Labute approximate surface area is 113 Å². The van der Waals surface area contributed by atoms with Gasteiger partial charge in [-0.25, -0.2) is 14.6 Å². The SMILES string of the molecule is Cc1cccc(NC(=O)Nc2nc(C(=O)O)cs2)c1. The Hall–Kier alpha value is -2.41. The normalized spacial score (nSPS) is 9.95. The number of rotatable bonds is 3. The van der Waals surface area contributed by atoms with Crippen LogP contribution in [-0.2, 0) is 0 Å². The fourth-order valence-corrected chi connectivity index (χ4v) is 2.09. The van der Waals surface area contributed by atoms with Crippen molar-refractivity contribution in [3.63, 3.8) is 0 Å². The first-order valence-electron chi connectivity index (χ1n) is 5.38. The molecular weight excluding hydrogens is 266 g/mol. The van der Waals surface area contributed by atoms with Crippen molar-refractivity contribution in [1.29, 1.82) is 0 Å². The van der Waals surface area contributed by atoms with E-state index in [9.17, 15) is 9.59 Å². The molecule has 0 saturated carbocycles. The van der Waals surface area contributed by atoms with Crippen molar-refractivity contribution >= 4 is 34.2 Å². The lowest BCUT2D eigenvalue weighted by atomic mass is 10.2. The number of amides is 2. The van der Waals surface area contributed by atoms with E-state index in [0.29, 0.717) is 5.69 Å². The minimum Gasteiger partial charge on any atom is -0.476 e. The van der Waals surface area contributed by atoms with E-state index >= 15 is 0 Å². The van der Waals surface area contributed by atoms with Crippen molar-refractivity contribution in [3.8, 4) is 0 Å². The predicted molar refractivity (Wildman–Crippen MR) is 72.9 cm³/mol. The van der Waals surface area contributed by atoms with Crippen LogP contribution in [0.15, 0.2) is 29.6 Å². The average molecular weight is 277 g/mol. The molecule has 0 aliphatic carbocycles. The minimum absolute atomic E-state index is 0.0872. The summed E-state index contributed by atoms with van der Waals surface area (Å²) in [6, 6.07) is 6.87. The Morgan fingerprint density at radius 1 is 1.32 bits per heavy atom. The Bertz CT molecular complexity index is 624. The van der Waals surface area contributed by atoms with Crippen LogP contribution < -0.4 is 10.6 Å². The van der Waals surface area contributed by atoms with Crippen LogP contribution in [0.1, 0.15) is 16.1 Å². The van der Waals surface area contributed by atoms with Crippen molar-refractivity contribution in [1.82, 2.24) is 4.98 Å². The van der Waals surface area contributed by atoms with E-state index in [2.05, 4.69) is 15.6 Å². The molecule has 2 aromatic rings. The van der Waals surface area contributed by atoms with Gasteiger partial charge in [0.05, 0.1) is 0 Å². The van der Waals surface area contributed by atoms with E-state index in [4.69, 9.17) is 5.11 Å². The van der Waals surface area contributed by atoms with Crippen LogP contribution in [0.25, 0.3) is 0 Å². The fraction of sp³-hybridized carbons (Fsp3) is 0.0833. The maximum absolute atomic E-state index is 11.7. The molecule has 1 aromatic carbocycles. The molecule has 0 saturated heterocycles. The first-order valence-corrected chi connectivity index (χ1v) is 6.26. The second-order valence-electron chi connectivity index (χ2n) is 3.79. The Morgan fingerprint density at radius 3 is 2.74 bits per heavy atom. The molecule has 0 fully saturated rings. The third kappa shape index (κ3) is 3.52. The van der Waals surface area contributed by atoms with Gasteiger partial charge >= 0.3 is 12.0 Å². The summed E-state index contributed by atoms with van der Waals surface area (Å²) in [4.78, 5) is 26.1. The van der Waals surface area contributed by atoms with Crippen LogP contribution in [0.2, 0.25) is 0 Å². The third-order valence-corrected chi connectivity index (χ3v) is 2.98. The number of carbonyl (C=O) groups excluding carboxylic acids is 1. The second kappa shape index (κ2) is 5.49.